The molecule has 7 rings (SSSR count). The van der Waals surface area contributed by atoms with Gasteiger partial charge in [-0.2, -0.15) is 13.2 Å². The normalized spacial score (nSPS) is 18.0. The van der Waals surface area contributed by atoms with E-state index in [1.807, 2.05) is 61.5 Å². The molecule has 0 amide bonds. The largest absolute Gasteiger partial charge is 0.501 e. The second-order valence-electron chi connectivity index (χ2n) is 16.2. The van der Waals surface area contributed by atoms with Crippen molar-refractivity contribution in [3.8, 4) is 11.1 Å². The average Bonchev–Trinajstić information content (AvgIpc) is 3.25. The minimum Gasteiger partial charge on any atom is -0.380 e. The third-order valence-electron chi connectivity index (χ3n) is 11.6. The van der Waals surface area contributed by atoms with Crippen LogP contribution in [0.25, 0.3) is 11.1 Å². The van der Waals surface area contributed by atoms with E-state index in [4.69, 9.17) is 11.6 Å². The van der Waals surface area contributed by atoms with Crippen molar-refractivity contribution in [1.82, 2.24) is 19.8 Å². The van der Waals surface area contributed by atoms with Gasteiger partial charge in [0.2, 0.25) is 0 Å². The first-order valence-corrected chi connectivity index (χ1v) is 24.9. The van der Waals surface area contributed by atoms with Crippen LogP contribution in [0.1, 0.15) is 48.9 Å². The first-order chi connectivity index (χ1) is 29.6. The van der Waals surface area contributed by atoms with Crippen LogP contribution in [-0.4, -0.2) is 87.1 Å². The summed E-state index contributed by atoms with van der Waals surface area (Å²) < 4.78 is 98.8. The highest BCUT2D eigenvalue weighted by Crippen LogP contribution is 2.39. The molecule has 0 radical (unpaired) electrons. The molecule has 1 unspecified atom stereocenters. The van der Waals surface area contributed by atoms with Gasteiger partial charge in [0, 0.05) is 46.4 Å². The maximum absolute atomic E-state index is 14.2. The fourth-order valence-corrected chi connectivity index (χ4v) is 11.5. The highest BCUT2D eigenvalue weighted by atomic mass is 35.5. The molecule has 1 saturated carbocycles. The summed E-state index contributed by atoms with van der Waals surface area (Å²) in [5, 5.41) is 3.71. The number of sulfone groups is 1. The zero-order valence-corrected chi connectivity index (χ0v) is 37.7. The Labute approximate surface area is 371 Å². The maximum Gasteiger partial charge on any atom is 0.501 e. The van der Waals surface area contributed by atoms with Gasteiger partial charge in [-0.1, -0.05) is 66.2 Å². The molecule has 2 N–H and O–H groups in total. The number of thioether (sulfide) groups is 1. The molecule has 1 fully saturated rings. The third kappa shape index (κ3) is 11.1. The highest BCUT2D eigenvalue weighted by Gasteiger charge is 2.48. The van der Waals surface area contributed by atoms with Gasteiger partial charge >= 0.3 is 5.51 Å². The zero-order valence-electron chi connectivity index (χ0n) is 34.5. The van der Waals surface area contributed by atoms with E-state index in [0.29, 0.717) is 72.5 Å². The Morgan fingerprint density at radius 1 is 0.903 bits per heavy atom. The van der Waals surface area contributed by atoms with Gasteiger partial charge < -0.3 is 10.2 Å². The predicted molar refractivity (Wildman–Crippen MR) is 241 cm³/mol. The topological polar surface area (TPSA) is 125 Å². The van der Waals surface area contributed by atoms with Gasteiger partial charge in [0.15, 0.2) is 0 Å². The molecule has 1 aliphatic heterocycles. The minimum absolute atomic E-state index is 0.0156. The van der Waals surface area contributed by atoms with Crippen LogP contribution in [0.4, 0.5) is 24.7 Å². The van der Waals surface area contributed by atoms with Crippen LogP contribution in [0.2, 0.25) is 5.02 Å². The molecule has 10 nitrogen and oxygen atoms in total. The molecule has 0 saturated heterocycles. The summed E-state index contributed by atoms with van der Waals surface area (Å²) in [6.45, 7) is 1.71. The first kappa shape index (κ1) is 45.8. The number of rotatable bonds is 16. The van der Waals surface area contributed by atoms with Crippen molar-refractivity contribution in [1.29, 1.82) is 0 Å². The Morgan fingerprint density at radius 2 is 1.61 bits per heavy atom. The lowest BCUT2D eigenvalue weighted by Crippen LogP contribution is -2.42. The number of alkyl halides is 3. The monoisotopic (exact) mass is 926 g/mol. The Kier molecular flexibility index (Phi) is 14.5. The Bertz CT molecular complexity index is 2540. The van der Waals surface area contributed by atoms with Crippen LogP contribution in [-0.2, 0) is 39.2 Å². The molecule has 2 heterocycles. The van der Waals surface area contributed by atoms with Gasteiger partial charge in [-0.15, -0.1) is 11.8 Å². The number of sulfonamides is 1. The van der Waals surface area contributed by atoms with Crippen molar-refractivity contribution in [2.24, 2.45) is 5.92 Å². The van der Waals surface area contributed by atoms with E-state index in [2.05, 4.69) is 61.3 Å². The Hall–Kier alpha value is -4.19. The minimum atomic E-state index is -5.98. The van der Waals surface area contributed by atoms with E-state index < -0.39 is 41.2 Å². The van der Waals surface area contributed by atoms with E-state index in [1.54, 1.807) is 0 Å². The van der Waals surface area contributed by atoms with Gasteiger partial charge in [0.25, 0.3) is 19.9 Å². The van der Waals surface area contributed by atoms with Gasteiger partial charge in [0.05, 0.1) is 16.3 Å². The van der Waals surface area contributed by atoms with Crippen LogP contribution < -0.4 is 10.0 Å². The molecular formula is C45H50ClF3N6O4S3. The number of hydrogen-bond donors (Lipinski definition) is 2. The fraction of sp³-hybridized carbons (Fsp3) is 0.378. The van der Waals surface area contributed by atoms with Crippen LogP contribution in [0, 0.1) is 5.92 Å². The molecule has 0 bridgehead atoms. The molecule has 1 aliphatic carbocycles. The summed E-state index contributed by atoms with van der Waals surface area (Å²) >= 11 is 7.62. The zero-order chi connectivity index (χ0) is 44.1. The number of fused-ring (bicyclic) bond motifs is 1. The molecular weight excluding hydrogens is 877 g/mol. The average molecular weight is 928 g/mol. The number of aromatic nitrogens is 2. The summed E-state index contributed by atoms with van der Waals surface area (Å²) in [4.78, 5) is 12.1. The standard InChI is InChI=1S/C45H50ClF3N6O4S3/c1-54(2)24-22-35(29-60-37-9-4-3-5-10-37)52-41-21-20-38(27-43(41)61(56,57)45(47,48)49)62(58,59)53-44-40-23-25-55(28-42(40)50-30-51-44)36-18-12-31(13-19-36)26-33-8-6-7-11-39(33)32-14-16-34(46)17-15-32/h3-11,14-17,20-21,27,30-31,35-36,52H,12-13,18-19,22-26,28-29H2,1-2H3,(H,50,51,53). The van der Waals surface area contributed by atoms with Crippen molar-refractivity contribution < 1.29 is 30.0 Å². The van der Waals surface area contributed by atoms with Crippen molar-refractivity contribution in [2.75, 3.05) is 43.0 Å². The molecule has 1 atom stereocenters. The predicted octanol–water partition coefficient (Wildman–Crippen LogP) is 9.58. The molecule has 5 aromatic rings. The maximum atomic E-state index is 14.2. The molecule has 1 aromatic heterocycles. The van der Waals surface area contributed by atoms with E-state index in [0.717, 1.165) is 54.7 Å². The fourth-order valence-electron chi connectivity index (χ4n) is 8.28. The van der Waals surface area contributed by atoms with Gasteiger partial charge in [0.1, 0.15) is 17.0 Å². The lowest BCUT2D eigenvalue weighted by Gasteiger charge is -2.39. The summed E-state index contributed by atoms with van der Waals surface area (Å²) in [5.41, 5.74) is -1.07. The first-order valence-electron chi connectivity index (χ1n) is 20.6. The number of anilines is 2. The van der Waals surface area contributed by atoms with Crippen molar-refractivity contribution in [2.45, 2.75) is 83.8 Å². The van der Waals surface area contributed by atoms with Crippen molar-refractivity contribution in [3.63, 3.8) is 0 Å². The van der Waals surface area contributed by atoms with Crippen molar-refractivity contribution in [3.05, 3.63) is 125 Å². The third-order valence-corrected chi connectivity index (χ3v) is 15.9. The number of benzene rings is 4. The number of halogens is 4. The number of hydrogen-bond acceptors (Lipinski definition) is 10. The summed E-state index contributed by atoms with van der Waals surface area (Å²) in [6, 6.07) is 28.5. The molecule has 330 valence electrons. The van der Waals surface area contributed by atoms with E-state index in [1.165, 1.54) is 29.2 Å². The SMILES string of the molecule is CN(C)CCC(CSc1ccccc1)Nc1ccc(S(=O)(=O)Nc2ncnc3c2CCN(C2CCC(Cc4ccccc4-c4ccc(Cl)cc4)CC2)C3)cc1S(=O)(=O)C(F)(F)F. The van der Waals surface area contributed by atoms with Gasteiger partial charge in [-0.25, -0.2) is 26.8 Å². The summed E-state index contributed by atoms with van der Waals surface area (Å²) in [7, 11) is -6.87. The van der Waals surface area contributed by atoms with Gasteiger partial charge in [-0.3, -0.25) is 9.62 Å². The molecule has 17 heteroatoms. The number of nitrogens with one attached hydrogen (secondary N) is 2. The van der Waals surface area contributed by atoms with Crippen LogP contribution in [0.3, 0.4) is 0 Å². The Balaban J connectivity index is 1.04. The summed E-state index contributed by atoms with van der Waals surface area (Å²) in [5.74, 6) is 0.963. The lowest BCUT2D eigenvalue weighted by molar-refractivity contribution is -0.0435. The highest BCUT2D eigenvalue weighted by molar-refractivity contribution is 7.99. The molecule has 62 heavy (non-hydrogen) atoms. The molecule has 2 aliphatic rings. The van der Waals surface area contributed by atoms with Crippen LogP contribution in [0.5, 0.6) is 0 Å². The van der Waals surface area contributed by atoms with Gasteiger partial charge in [-0.05, 0) is 131 Å². The molecule has 4 aromatic carbocycles. The van der Waals surface area contributed by atoms with E-state index in [9.17, 15) is 30.0 Å². The smallest absolute Gasteiger partial charge is 0.380 e. The molecule has 0 spiro atoms. The quantitative estimate of drug-likeness (QED) is 0.0925. The number of nitrogens with zero attached hydrogens (tertiary/aromatic N) is 4. The van der Waals surface area contributed by atoms with E-state index in [-0.39, 0.29) is 11.5 Å². The van der Waals surface area contributed by atoms with E-state index >= 15 is 0 Å². The Morgan fingerprint density at radius 3 is 2.32 bits per heavy atom. The van der Waals surface area contributed by atoms with Crippen LogP contribution >= 0.6 is 23.4 Å². The van der Waals surface area contributed by atoms with Crippen LogP contribution in [0.15, 0.2) is 118 Å². The van der Waals surface area contributed by atoms with Crippen molar-refractivity contribution >= 4 is 54.7 Å². The second kappa shape index (κ2) is 19.7. The summed E-state index contributed by atoms with van der Waals surface area (Å²) in [6.07, 6.45) is 7.35. The second-order valence-corrected chi connectivity index (χ2v) is 21.3. The lowest BCUT2D eigenvalue weighted by atomic mass is 9.80.